The highest BCUT2D eigenvalue weighted by atomic mass is 19.1. The molecule has 0 aliphatic carbocycles. The lowest BCUT2D eigenvalue weighted by Gasteiger charge is -2.24. The zero-order chi connectivity index (χ0) is 16.2. The van der Waals surface area contributed by atoms with Gasteiger partial charge in [-0.05, 0) is 47.9 Å². The molecule has 118 valence electrons. The molecule has 0 saturated carbocycles. The molecule has 5 nitrogen and oxygen atoms in total. The van der Waals surface area contributed by atoms with Crippen molar-refractivity contribution in [2.75, 3.05) is 11.9 Å². The Morgan fingerprint density at radius 1 is 1.30 bits per heavy atom. The van der Waals surface area contributed by atoms with E-state index in [9.17, 15) is 14.0 Å². The Balaban J connectivity index is 1.68. The first-order chi connectivity index (χ1) is 11.1. The van der Waals surface area contributed by atoms with Crippen molar-refractivity contribution in [1.29, 1.82) is 0 Å². The van der Waals surface area contributed by atoms with Gasteiger partial charge in [0.1, 0.15) is 5.82 Å². The van der Waals surface area contributed by atoms with Crippen molar-refractivity contribution >= 4 is 17.5 Å². The molecule has 0 bridgehead atoms. The highest BCUT2D eigenvalue weighted by molar-refractivity contribution is 6.01. The van der Waals surface area contributed by atoms with E-state index in [2.05, 4.69) is 15.6 Å². The lowest BCUT2D eigenvalue weighted by Crippen LogP contribution is -2.36. The molecule has 23 heavy (non-hydrogen) atoms. The third-order valence-corrected chi connectivity index (χ3v) is 3.83. The molecule has 3 rings (SSSR count). The summed E-state index contributed by atoms with van der Waals surface area (Å²) in [6.07, 6.45) is 4.09. The fraction of sp³-hybridized carbons (Fsp3) is 0.235. The van der Waals surface area contributed by atoms with E-state index < -0.39 is 11.7 Å². The lowest BCUT2D eigenvalue weighted by molar-refractivity contribution is -0.126. The number of amides is 2. The molecule has 0 saturated heterocycles. The van der Waals surface area contributed by atoms with Crippen molar-refractivity contribution in [3.63, 3.8) is 0 Å². The van der Waals surface area contributed by atoms with Gasteiger partial charge in [0.2, 0.25) is 11.8 Å². The Kier molecular flexibility index (Phi) is 4.32. The summed E-state index contributed by atoms with van der Waals surface area (Å²) >= 11 is 0. The van der Waals surface area contributed by atoms with Crippen LogP contribution in [0.1, 0.15) is 23.5 Å². The van der Waals surface area contributed by atoms with Gasteiger partial charge in [-0.15, -0.1) is 0 Å². The van der Waals surface area contributed by atoms with Gasteiger partial charge in [0.25, 0.3) is 0 Å². The molecule has 1 atom stereocenters. The van der Waals surface area contributed by atoms with Crippen LogP contribution in [-0.2, 0) is 16.0 Å². The minimum absolute atomic E-state index is 0.0253. The molecule has 0 unspecified atom stereocenters. The molecule has 2 N–H and O–H groups in total. The smallest absolute Gasteiger partial charge is 0.228 e. The predicted octanol–water partition coefficient (Wildman–Crippen LogP) is 2.01. The number of nitrogens with zero attached hydrogens (tertiary/aromatic N) is 1. The highest BCUT2D eigenvalue weighted by Crippen LogP contribution is 2.32. The maximum atomic E-state index is 13.5. The second-order valence-corrected chi connectivity index (χ2v) is 5.43. The van der Waals surface area contributed by atoms with Gasteiger partial charge in [-0.25, -0.2) is 4.39 Å². The molecule has 1 aromatic heterocycles. The van der Waals surface area contributed by atoms with Gasteiger partial charge in [-0.3, -0.25) is 14.6 Å². The van der Waals surface area contributed by atoms with Gasteiger partial charge in [0.05, 0.1) is 5.92 Å². The van der Waals surface area contributed by atoms with Gasteiger partial charge in [0.15, 0.2) is 0 Å². The van der Waals surface area contributed by atoms with Gasteiger partial charge in [0, 0.05) is 31.0 Å². The van der Waals surface area contributed by atoms with E-state index in [0.717, 1.165) is 5.56 Å². The minimum atomic E-state index is -0.660. The molecule has 0 spiro atoms. The summed E-state index contributed by atoms with van der Waals surface area (Å²) in [7, 11) is 0. The molecule has 1 aliphatic heterocycles. The first-order valence-corrected chi connectivity index (χ1v) is 7.39. The normalized spacial score (nSPS) is 16.4. The molecule has 2 aromatic rings. The van der Waals surface area contributed by atoms with E-state index >= 15 is 0 Å². The number of aromatic nitrogens is 1. The molecule has 6 heteroatoms. The van der Waals surface area contributed by atoms with E-state index in [-0.39, 0.29) is 18.2 Å². The van der Waals surface area contributed by atoms with E-state index in [0.29, 0.717) is 24.2 Å². The molecule has 2 heterocycles. The van der Waals surface area contributed by atoms with Crippen LogP contribution in [-0.4, -0.2) is 23.3 Å². The number of carbonyl (C=O) groups excluding carboxylic acids is 2. The van der Waals surface area contributed by atoms with Crippen LogP contribution in [0.3, 0.4) is 0 Å². The third kappa shape index (κ3) is 3.53. The molecule has 2 amide bonds. The van der Waals surface area contributed by atoms with Crippen LogP contribution < -0.4 is 10.6 Å². The number of pyridine rings is 1. The summed E-state index contributed by atoms with van der Waals surface area (Å²) < 4.78 is 13.5. The number of benzene rings is 1. The number of anilines is 1. The molecular formula is C17H16FN3O2. The highest BCUT2D eigenvalue weighted by Gasteiger charge is 2.30. The Morgan fingerprint density at radius 2 is 2.09 bits per heavy atom. The standard InChI is InChI=1S/C17H16FN3O2/c18-12-1-2-15-13(9-12)14(10-16(22)21-15)17(23)20-8-5-11-3-6-19-7-4-11/h1-4,6-7,9,14H,5,8,10H2,(H,20,23)(H,21,22)/t14-/m1/s1. The quantitative estimate of drug-likeness (QED) is 0.907. The number of nitrogens with one attached hydrogen (secondary N) is 2. The Hall–Kier alpha value is -2.76. The van der Waals surface area contributed by atoms with Crippen LogP contribution in [0.15, 0.2) is 42.7 Å². The Morgan fingerprint density at radius 3 is 2.87 bits per heavy atom. The number of fused-ring (bicyclic) bond motifs is 1. The first kappa shape index (κ1) is 15.1. The molecule has 1 aromatic carbocycles. The lowest BCUT2D eigenvalue weighted by atomic mass is 9.89. The summed E-state index contributed by atoms with van der Waals surface area (Å²) in [6, 6.07) is 7.82. The van der Waals surface area contributed by atoms with Crippen LogP contribution in [0.5, 0.6) is 0 Å². The second-order valence-electron chi connectivity index (χ2n) is 5.43. The van der Waals surface area contributed by atoms with Gasteiger partial charge < -0.3 is 10.6 Å². The van der Waals surface area contributed by atoms with Gasteiger partial charge in [-0.2, -0.15) is 0 Å². The number of rotatable bonds is 4. The van der Waals surface area contributed by atoms with Crippen molar-refractivity contribution in [3.8, 4) is 0 Å². The van der Waals surface area contributed by atoms with Crippen LogP contribution in [0.4, 0.5) is 10.1 Å². The van der Waals surface area contributed by atoms with Crippen molar-refractivity contribution in [1.82, 2.24) is 10.3 Å². The fourth-order valence-corrected chi connectivity index (χ4v) is 2.67. The summed E-state index contributed by atoms with van der Waals surface area (Å²) in [5, 5.41) is 5.48. The largest absolute Gasteiger partial charge is 0.355 e. The SMILES string of the molecule is O=C1C[C@@H](C(=O)NCCc2ccncc2)c2cc(F)ccc2N1. The van der Waals surface area contributed by atoms with Crippen molar-refractivity contribution in [3.05, 3.63) is 59.7 Å². The van der Waals surface area contributed by atoms with Crippen molar-refractivity contribution in [2.24, 2.45) is 0 Å². The topological polar surface area (TPSA) is 71.1 Å². The van der Waals surface area contributed by atoms with Gasteiger partial charge in [-0.1, -0.05) is 0 Å². The number of carbonyl (C=O) groups is 2. The summed E-state index contributed by atoms with van der Waals surface area (Å²) in [5.41, 5.74) is 2.08. The van der Waals surface area contributed by atoms with Crippen LogP contribution in [0.2, 0.25) is 0 Å². The molecule has 0 fully saturated rings. The minimum Gasteiger partial charge on any atom is -0.355 e. The van der Waals surface area contributed by atoms with E-state index in [1.54, 1.807) is 12.4 Å². The fourth-order valence-electron chi connectivity index (χ4n) is 2.67. The average Bonchev–Trinajstić information content (AvgIpc) is 2.55. The summed E-state index contributed by atoms with van der Waals surface area (Å²) in [4.78, 5) is 28.0. The molecule has 0 radical (unpaired) electrons. The third-order valence-electron chi connectivity index (χ3n) is 3.83. The Bertz CT molecular complexity index is 734. The number of hydrogen-bond acceptors (Lipinski definition) is 3. The first-order valence-electron chi connectivity index (χ1n) is 7.39. The maximum Gasteiger partial charge on any atom is 0.228 e. The van der Waals surface area contributed by atoms with Gasteiger partial charge >= 0.3 is 0 Å². The summed E-state index contributed by atoms with van der Waals surface area (Å²) in [6.45, 7) is 0.450. The van der Waals surface area contributed by atoms with E-state index in [1.165, 1.54) is 18.2 Å². The Labute approximate surface area is 132 Å². The van der Waals surface area contributed by atoms with Crippen molar-refractivity contribution in [2.45, 2.75) is 18.8 Å². The van der Waals surface area contributed by atoms with Crippen molar-refractivity contribution < 1.29 is 14.0 Å². The summed E-state index contributed by atoms with van der Waals surface area (Å²) in [5.74, 6) is -1.58. The second kappa shape index (κ2) is 6.56. The number of halogens is 1. The average molecular weight is 313 g/mol. The van der Waals surface area contributed by atoms with Crippen LogP contribution in [0.25, 0.3) is 0 Å². The van der Waals surface area contributed by atoms with Crippen LogP contribution in [0, 0.1) is 5.82 Å². The van der Waals surface area contributed by atoms with E-state index in [1.807, 2.05) is 12.1 Å². The van der Waals surface area contributed by atoms with Crippen LogP contribution >= 0.6 is 0 Å². The zero-order valence-electron chi connectivity index (χ0n) is 12.4. The molecule has 1 aliphatic rings. The predicted molar refractivity (Wildman–Crippen MR) is 83.3 cm³/mol. The number of hydrogen-bond donors (Lipinski definition) is 2. The molecular weight excluding hydrogens is 297 g/mol. The maximum absolute atomic E-state index is 13.5. The zero-order valence-corrected chi connectivity index (χ0v) is 12.4. The van der Waals surface area contributed by atoms with E-state index in [4.69, 9.17) is 0 Å². The monoisotopic (exact) mass is 313 g/mol.